The number of nitrogens with zero attached hydrogens (tertiary/aromatic N) is 1. The zero-order valence-electron chi connectivity index (χ0n) is 26.1. The second-order valence-corrected chi connectivity index (χ2v) is 11.7. The molecule has 0 bridgehead atoms. The second-order valence-electron chi connectivity index (χ2n) is 9.38. The smallest absolute Gasteiger partial charge is 0.337 e. The molecule has 0 aromatic heterocycles. The molecule has 0 saturated heterocycles. The van der Waals surface area contributed by atoms with Gasteiger partial charge in [-0.15, -0.1) is 0 Å². The van der Waals surface area contributed by atoms with E-state index in [-0.39, 0.29) is 70.1 Å². The van der Waals surface area contributed by atoms with Crippen LogP contribution in [0.25, 0.3) is 4.85 Å². The number of rotatable bonds is 17. The van der Waals surface area contributed by atoms with E-state index in [1.54, 1.807) is 0 Å². The van der Waals surface area contributed by atoms with Crippen LogP contribution in [0, 0.1) is 6.57 Å². The molecule has 0 saturated carbocycles. The Morgan fingerprint density at radius 2 is 1.15 bits per heavy atom. The van der Waals surface area contributed by atoms with E-state index in [2.05, 4.69) is 22.7 Å². The first-order valence-corrected chi connectivity index (χ1v) is 15.6. The average Bonchev–Trinajstić information content (AvgIpc) is 3.51. The summed E-state index contributed by atoms with van der Waals surface area (Å²) in [6, 6.07) is 2.64. The molecule has 1 heterocycles. The molecule has 2 rings (SSSR count). The topological polar surface area (TPSA) is 188 Å². The highest BCUT2D eigenvalue weighted by Crippen LogP contribution is 2.59. The van der Waals surface area contributed by atoms with Gasteiger partial charge < -0.3 is 33.2 Å². The standard InChI is InChI=1S/C31H31NO14S2/c1-7-21(33)43-17(3)15-41-23(35)11-13-25(37)45-19-9-10-20(29-28(19)47-31(48-29)27(32-5)30(39)40-6)46-26(38)14-12-24(36)42-16-18(4)44-22(34)8-2/h7-10,17-18H,1-2,11-16H2,3-4,6H3. The number of benzene rings is 1. The lowest BCUT2D eigenvalue weighted by molar-refractivity contribution is -0.155. The lowest BCUT2D eigenvalue weighted by Gasteiger charge is -2.13. The van der Waals surface area contributed by atoms with Crippen LogP contribution >= 0.6 is 23.5 Å². The van der Waals surface area contributed by atoms with Crippen LogP contribution in [0.1, 0.15) is 39.5 Å². The van der Waals surface area contributed by atoms with Gasteiger partial charge in [-0.05, 0) is 26.0 Å². The molecule has 256 valence electrons. The largest absolute Gasteiger partial charge is 0.474 e. The normalized spacial score (nSPS) is 12.5. The Bertz CT molecular complexity index is 1450. The molecule has 15 nitrogen and oxygen atoms in total. The van der Waals surface area contributed by atoms with Crippen LogP contribution in [0.5, 0.6) is 11.5 Å². The number of methoxy groups -OCH3 is 1. The first-order chi connectivity index (χ1) is 22.8. The van der Waals surface area contributed by atoms with Crippen LogP contribution in [-0.4, -0.2) is 74.3 Å². The highest BCUT2D eigenvalue weighted by atomic mass is 32.2. The molecule has 2 atom stereocenters. The summed E-state index contributed by atoms with van der Waals surface area (Å²) in [5, 5.41) is 0. The van der Waals surface area contributed by atoms with E-state index in [9.17, 15) is 33.6 Å². The van der Waals surface area contributed by atoms with Crippen molar-refractivity contribution in [2.75, 3.05) is 20.3 Å². The average molecular weight is 706 g/mol. The summed E-state index contributed by atoms with van der Waals surface area (Å²) in [5.74, 6) is -5.43. The number of carbonyl (C=O) groups excluding carboxylic acids is 7. The summed E-state index contributed by atoms with van der Waals surface area (Å²) >= 11 is 1.80. The zero-order chi connectivity index (χ0) is 35.8. The van der Waals surface area contributed by atoms with Gasteiger partial charge in [0.15, 0.2) is 0 Å². The maximum atomic E-state index is 12.6. The molecule has 0 radical (unpaired) electrons. The van der Waals surface area contributed by atoms with Gasteiger partial charge in [-0.1, -0.05) is 36.7 Å². The van der Waals surface area contributed by atoms with E-state index < -0.39 is 54.0 Å². The van der Waals surface area contributed by atoms with Crippen molar-refractivity contribution in [2.24, 2.45) is 0 Å². The molecule has 0 aliphatic carbocycles. The van der Waals surface area contributed by atoms with E-state index in [1.165, 1.54) is 26.0 Å². The maximum absolute atomic E-state index is 12.6. The summed E-state index contributed by atoms with van der Waals surface area (Å²) < 4.78 is 35.5. The van der Waals surface area contributed by atoms with Gasteiger partial charge in [0.2, 0.25) is 0 Å². The Morgan fingerprint density at radius 3 is 1.50 bits per heavy atom. The van der Waals surface area contributed by atoms with Crippen LogP contribution < -0.4 is 9.47 Å². The number of hydrogen-bond acceptors (Lipinski definition) is 16. The molecule has 17 heteroatoms. The van der Waals surface area contributed by atoms with Crippen molar-refractivity contribution >= 4 is 65.3 Å². The fraction of sp³-hybridized carbons (Fsp3) is 0.355. The second kappa shape index (κ2) is 19.6. The van der Waals surface area contributed by atoms with Crippen LogP contribution in [0.3, 0.4) is 0 Å². The van der Waals surface area contributed by atoms with Gasteiger partial charge in [-0.25, -0.2) is 14.4 Å². The van der Waals surface area contributed by atoms with Crippen LogP contribution in [0.15, 0.2) is 57.2 Å². The number of ether oxygens (including phenoxy) is 7. The Labute approximate surface area is 283 Å². The summed E-state index contributed by atoms with van der Waals surface area (Å²) in [6.45, 7) is 16.5. The van der Waals surface area contributed by atoms with Crippen molar-refractivity contribution in [3.63, 3.8) is 0 Å². The highest BCUT2D eigenvalue weighted by Gasteiger charge is 2.32. The minimum Gasteiger partial charge on any atom is -0.474 e. The number of hydrogen-bond donors (Lipinski definition) is 0. The van der Waals surface area contributed by atoms with Gasteiger partial charge in [-0.2, -0.15) is 0 Å². The number of thioether (sulfide) groups is 2. The van der Waals surface area contributed by atoms with Crippen molar-refractivity contribution in [3.8, 4) is 11.5 Å². The lowest BCUT2D eigenvalue weighted by Crippen LogP contribution is -2.22. The molecule has 1 aliphatic heterocycles. The van der Waals surface area contributed by atoms with Crippen molar-refractivity contribution in [2.45, 2.75) is 61.5 Å². The zero-order valence-corrected chi connectivity index (χ0v) is 27.7. The molecule has 1 aliphatic rings. The summed E-state index contributed by atoms with van der Waals surface area (Å²) in [4.78, 5) is 87.7. The molecular formula is C31H31NO14S2. The summed E-state index contributed by atoms with van der Waals surface area (Å²) in [6.07, 6.45) is -1.00. The molecule has 2 unspecified atom stereocenters. The molecule has 0 fully saturated rings. The monoisotopic (exact) mass is 705 g/mol. The van der Waals surface area contributed by atoms with Crippen molar-refractivity contribution in [3.05, 3.63) is 58.8 Å². The SMILES string of the molecule is [C-]#[N+]C(C(=O)OC)=C1Sc2c(OC(=O)CCC(=O)OCC(C)OC(=O)C=C)ccc(OC(=O)CCC(=O)OCC(C)OC(=O)C=C)c2S1. The predicted octanol–water partition coefficient (Wildman–Crippen LogP) is 3.84. The molecule has 48 heavy (non-hydrogen) atoms. The molecule has 0 spiro atoms. The van der Waals surface area contributed by atoms with Gasteiger partial charge >= 0.3 is 41.8 Å². The van der Waals surface area contributed by atoms with Crippen LogP contribution in [0.4, 0.5) is 0 Å². The quantitative estimate of drug-likeness (QED) is 0.0747. The number of esters is 7. The Hall–Kier alpha value is -5.08. The van der Waals surface area contributed by atoms with Crippen LogP contribution in [0.2, 0.25) is 0 Å². The minimum absolute atomic E-state index is 0.00956. The van der Waals surface area contributed by atoms with Gasteiger partial charge in [0.1, 0.15) is 36.9 Å². The predicted molar refractivity (Wildman–Crippen MR) is 167 cm³/mol. The molecule has 0 amide bonds. The molecule has 1 aromatic rings. The van der Waals surface area contributed by atoms with Gasteiger partial charge in [0.05, 0.1) is 53.4 Å². The first-order valence-electron chi connectivity index (χ1n) is 13.9. The molecule has 0 N–H and O–H groups in total. The van der Waals surface area contributed by atoms with E-state index in [0.717, 1.165) is 42.8 Å². The van der Waals surface area contributed by atoms with E-state index >= 15 is 0 Å². The van der Waals surface area contributed by atoms with Crippen LogP contribution in [-0.2, 0) is 57.2 Å². The van der Waals surface area contributed by atoms with Crippen molar-refractivity contribution in [1.29, 1.82) is 0 Å². The third-order valence-corrected chi connectivity index (χ3v) is 8.16. The van der Waals surface area contributed by atoms with Gasteiger partial charge in [0, 0.05) is 12.2 Å². The lowest BCUT2D eigenvalue weighted by atomic mass is 10.3. The van der Waals surface area contributed by atoms with Gasteiger partial charge in [0.25, 0.3) is 5.70 Å². The van der Waals surface area contributed by atoms with E-state index in [0.29, 0.717) is 0 Å². The third kappa shape index (κ3) is 12.6. The Balaban J connectivity index is 2.10. The summed E-state index contributed by atoms with van der Waals surface area (Å²) in [5.41, 5.74) is -0.357. The van der Waals surface area contributed by atoms with E-state index in [1.807, 2.05) is 0 Å². The molecule has 1 aromatic carbocycles. The van der Waals surface area contributed by atoms with Crippen molar-refractivity contribution < 1.29 is 66.7 Å². The maximum Gasteiger partial charge on any atom is 0.337 e. The Morgan fingerprint density at radius 1 is 0.750 bits per heavy atom. The Kier molecular flexibility index (Phi) is 15.9. The van der Waals surface area contributed by atoms with Gasteiger partial charge in [-0.3, -0.25) is 24.0 Å². The van der Waals surface area contributed by atoms with E-state index in [4.69, 9.17) is 35.0 Å². The molecular weight excluding hydrogens is 674 g/mol. The first kappa shape index (κ1) is 39.1. The number of fused-ring (bicyclic) bond motifs is 1. The summed E-state index contributed by atoms with van der Waals surface area (Å²) in [7, 11) is 1.10. The highest BCUT2D eigenvalue weighted by molar-refractivity contribution is 8.24. The minimum atomic E-state index is -0.913. The fourth-order valence-corrected chi connectivity index (χ4v) is 5.88. The third-order valence-electron chi connectivity index (χ3n) is 5.55. The fourth-order valence-electron chi connectivity index (χ4n) is 3.34. The number of carbonyl (C=O) groups is 7. The van der Waals surface area contributed by atoms with Crippen molar-refractivity contribution in [1.82, 2.24) is 0 Å².